The van der Waals surface area contributed by atoms with E-state index in [4.69, 9.17) is 9.97 Å². The van der Waals surface area contributed by atoms with Gasteiger partial charge in [0.2, 0.25) is 0 Å². The molecule has 0 saturated heterocycles. The second-order valence-electron chi connectivity index (χ2n) is 8.29. The monoisotopic (exact) mass is 421 g/mol. The molecule has 2 aromatic heterocycles. The highest BCUT2D eigenvalue weighted by Crippen LogP contribution is 2.50. The molecule has 1 aliphatic rings. The first-order chi connectivity index (χ1) is 16.4. The van der Waals surface area contributed by atoms with Crippen molar-refractivity contribution in [3.8, 4) is 22.3 Å². The van der Waals surface area contributed by atoms with Gasteiger partial charge in [-0.15, -0.1) is 0 Å². The van der Waals surface area contributed by atoms with Crippen LogP contribution in [0.25, 0.3) is 43.9 Å². The third-order valence-corrected chi connectivity index (χ3v) is 6.46. The number of pyridine rings is 2. The first-order valence-electron chi connectivity index (χ1n) is 11.1. The Labute approximate surface area is 191 Å². The molecule has 4 aromatic carbocycles. The Morgan fingerprint density at radius 2 is 1.27 bits per heavy atom. The highest BCUT2D eigenvalue weighted by atomic mass is 15.2. The van der Waals surface area contributed by atoms with Crippen molar-refractivity contribution in [1.29, 1.82) is 0 Å². The van der Waals surface area contributed by atoms with Crippen LogP contribution < -0.4 is 4.90 Å². The predicted octanol–water partition coefficient (Wildman–Crippen LogP) is 7.90. The van der Waals surface area contributed by atoms with Crippen LogP contribution in [0.5, 0.6) is 0 Å². The summed E-state index contributed by atoms with van der Waals surface area (Å²) in [4.78, 5) is 11.9. The second kappa shape index (κ2) is 7.01. The molecule has 6 aromatic rings. The molecule has 0 amide bonds. The van der Waals surface area contributed by atoms with E-state index < -0.39 is 0 Å². The minimum absolute atomic E-state index is 0.844. The molecule has 2 heterocycles. The Bertz CT molecular complexity index is 1640. The number of hydrogen-bond acceptors (Lipinski definition) is 3. The zero-order valence-electron chi connectivity index (χ0n) is 17.8. The van der Waals surface area contributed by atoms with E-state index in [2.05, 4.69) is 83.8 Å². The van der Waals surface area contributed by atoms with Crippen LogP contribution >= 0.6 is 0 Å². The summed E-state index contributed by atoms with van der Waals surface area (Å²) in [6.45, 7) is 0. The number of hydrogen-bond donors (Lipinski definition) is 0. The van der Waals surface area contributed by atoms with Crippen LogP contribution in [-0.4, -0.2) is 9.97 Å². The molecule has 3 heteroatoms. The Balaban J connectivity index is 1.52. The van der Waals surface area contributed by atoms with Gasteiger partial charge in [0, 0.05) is 17.0 Å². The lowest BCUT2D eigenvalue weighted by Crippen LogP contribution is -2.13. The average molecular weight is 422 g/mol. The van der Waals surface area contributed by atoms with Crippen molar-refractivity contribution in [3.63, 3.8) is 0 Å². The van der Waals surface area contributed by atoms with Gasteiger partial charge >= 0.3 is 0 Å². The third kappa shape index (κ3) is 2.69. The van der Waals surface area contributed by atoms with Crippen molar-refractivity contribution in [2.24, 2.45) is 0 Å². The zero-order valence-corrected chi connectivity index (χ0v) is 17.8. The third-order valence-electron chi connectivity index (χ3n) is 6.46. The zero-order chi connectivity index (χ0) is 21.8. The molecule has 0 spiro atoms. The van der Waals surface area contributed by atoms with Crippen molar-refractivity contribution < 1.29 is 0 Å². The van der Waals surface area contributed by atoms with Crippen LogP contribution in [-0.2, 0) is 0 Å². The molecule has 7 rings (SSSR count). The number of nitrogens with zero attached hydrogens (tertiary/aromatic N) is 3. The van der Waals surface area contributed by atoms with E-state index in [1.807, 2.05) is 36.5 Å². The van der Waals surface area contributed by atoms with Gasteiger partial charge in [-0.2, -0.15) is 0 Å². The van der Waals surface area contributed by atoms with Crippen molar-refractivity contribution >= 4 is 39.0 Å². The fourth-order valence-corrected chi connectivity index (χ4v) is 5.02. The van der Waals surface area contributed by atoms with Gasteiger partial charge in [-0.1, -0.05) is 72.8 Å². The summed E-state index contributed by atoms with van der Waals surface area (Å²) in [6.07, 6.45) is 1.83. The minimum atomic E-state index is 0.844. The van der Waals surface area contributed by atoms with Gasteiger partial charge in [-0.3, -0.25) is 4.90 Å². The second-order valence-corrected chi connectivity index (χ2v) is 8.29. The van der Waals surface area contributed by atoms with Crippen LogP contribution in [0, 0.1) is 0 Å². The number of rotatable bonds is 3. The Hall–Kier alpha value is -4.50. The van der Waals surface area contributed by atoms with Crippen LogP contribution in [0.3, 0.4) is 0 Å². The van der Waals surface area contributed by atoms with Crippen molar-refractivity contribution in [2.45, 2.75) is 0 Å². The SMILES string of the molecule is c1ccc(N(c2ccc3ccccc3n2)c2ccc3c4c(cccc24)-c2ccccc2-3)nc1. The van der Waals surface area contributed by atoms with Crippen molar-refractivity contribution in [3.05, 3.63) is 115 Å². The van der Waals surface area contributed by atoms with E-state index in [0.717, 1.165) is 28.2 Å². The van der Waals surface area contributed by atoms with E-state index >= 15 is 0 Å². The van der Waals surface area contributed by atoms with Crippen LogP contribution in [0.4, 0.5) is 17.3 Å². The fraction of sp³-hybridized carbons (Fsp3) is 0. The predicted molar refractivity (Wildman–Crippen MR) is 136 cm³/mol. The smallest absolute Gasteiger partial charge is 0.139 e. The summed E-state index contributed by atoms with van der Waals surface area (Å²) in [5.74, 6) is 1.69. The lowest BCUT2D eigenvalue weighted by molar-refractivity contribution is 1.15. The molecule has 0 fully saturated rings. The number of benzene rings is 4. The molecule has 3 nitrogen and oxygen atoms in total. The maximum absolute atomic E-state index is 5.02. The van der Waals surface area contributed by atoms with Gasteiger partial charge in [-0.25, -0.2) is 9.97 Å². The van der Waals surface area contributed by atoms with Crippen LogP contribution in [0.15, 0.2) is 115 Å². The van der Waals surface area contributed by atoms with E-state index in [1.165, 1.54) is 33.0 Å². The largest absolute Gasteiger partial charge is 0.278 e. The molecule has 0 aliphatic heterocycles. The highest BCUT2D eigenvalue weighted by Gasteiger charge is 2.25. The van der Waals surface area contributed by atoms with Gasteiger partial charge < -0.3 is 0 Å². The van der Waals surface area contributed by atoms with Crippen LogP contribution in [0.1, 0.15) is 0 Å². The lowest BCUT2D eigenvalue weighted by Gasteiger charge is -2.25. The number of aromatic nitrogens is 2. The molecule has 0 unspecified atom stereocenters. The van der Waals surface area contributed by atoms with Crippen molar-refractivity contribution in [2.75, 3.05) is 4.90 Å². The molecular formula is C30H19N3. The lowest BCUT2D eigenvalue weighted by atomic mass is 10.0. The molecule has 0 radical (unpaired) electrons. The molecular weight excluding hydrogens is 402 g/mol. The van der Waals surface area contributed by atoms with Gasteiger partial charge in [-0.05, 0) is 64.0 Å². The molecule has 0 saturated carbocycles. The normalized spacial score (nSPS) is 11.6. The molecule has 0 atom stereocenters. The minimum Gasteiger partial charge on any atom is -0.278 e. The van der Waals surface area contributed by atoms with E-state index in [9.17, 15) is 0 Å². The summed E-state index contributed by atoms with van der Waals surface area (Å²) in [6, 6.07) is 38.1. The summed E-state index contributed by atoms with van der Waals surface area (Å²) in [7, 11) is 0. The summed E-state index contributed by atoms with van der Waals surface area (Å²) < 4.78 is 0. The summed E-state index contributed by atoms with van der Waals surface area (Å²) >= 11 is 0. The fourth-order valence-electron chi connectivity index (χ4n) is 5.02. The van der Waals surface area contributed by atoms with Gasteiger partial charge in [0.05, 0.1) is 11.2 Å². The maximum Gasteiger partial charge on any atom is 0.139 e. The van der Waals surface area contributed by atoms with E-state index in [1.54, 1.807) is 0 Å². The number of fused-ring (bicyclic) bond motifs is 4. The number of anilines is 3. The van der Waals surface area contributed by atoms with Gasteiger partial charge in [0.1, 0.15) is 11.6 Å². The molecule has 0 N–H and O–H groups in total. The van der Waals surface area contributed by atoms with Gasteiger partial charge in [0.25, 0.3) is 0 Å². The van der Waals surface area contributed by atoms with E-state index in [-0.39, 0.29) is 0 Å². The topological polar surface area (TPSA) is 29.0 Å². The summed E-state index contributed by atoms with van der Waals surface area (Å²) in [5, 5.41) is 3.61. The first-order valence-corrected chi connectivity index (χ1v) is 11.1. The standard InChI is InChI=1S/C30H19N3/c1-4-13-26-20(8-1)15-18-29(32-26)33(28-14-5-6-19-31-28)27-17-16-24-22-10-3-2-9-21(22)23-11-7-12-25(27)30(23)24/h1-19H. The molecule has 33 heavy (non-hydrogen) atoms. The van der Waals surface area contributed by atoms with E-state index in [0.29, 0.717) is 0 Å². The molecule has 1 aliphatic carbocycles. The quantitative estimate of drug-likeness (QED) is 0.290. The Kier molecular flexibility index (Phi) is 3.84. The maximum atomic E-state index is 5.02. The molecule has 0 bridgehead atoms. The molecule has 154 valence electrons. The van der Waals surface area contributed by atoms with Crippen LogP contribution in [0.2, 0.25) is 0 Å². The average Bonchev–Trinajstić information content (AvgIpc) is 3.21. The Morgan fingerprint density at radius 1 is 0.515 bits per heavy atom. The number of para-hydroxylation sites is 1. The Morgan fingerprint density at radius 3 is 2.12 bits per heavy atom. The van der Waals surface area contributed by atoms with Crippen molar-refractivity contribution in [1.82, 2.24) is 9.97 Å². The van der Waals surface area contributed by atoms with Gasteiger partial charge in [0.15, 0.2) is 0 Å². The first kappa shape index (κ1) is 18.1. The summed E-state index contributed by atoms with van der Waals surface area (Å²) in [5.41, 5.74) is 7.20. The highest BCUT2D eigenvalue weighted by molar-refractivity contribution is 6.19.